The van der Waals surface area contributed by atoms with Gasteiger partial charge in [-0.2, -0.15) is 0 Å². The van der Waals surface area contributed by atoms with Gasteiger partial charge in [0.25, 0.3) is 0 Å². The third-order valence-electron chi connectivity index (χ3n) is 10.0. The molecule has 0 radical (unpaired) electrons. The summed E-state index contributed by atoms with van der Waals surface area (Å²) in [5, 5.41) is 21.0. The van der Waals surface area contributed by atoms with Gasteiger partial charge in [-0.15, -0.1) is 0 Å². The summed E-state index contributed by atoms with van der Waals surface area (Å²) in [4.78, 5) is 0. The first-order valence-electron chi connectivity index (χ1n) is 11.7. The van der Waals surface area contributed by atoms with Crippen LogP contribution in [0.2, 0.25) is 0 Å². The molecule has 9 atom stereocenters. The molecule has 0 aromatic carbocycles. The first kappa shape index (κ1) is 20.0. The average molecular weight is 375 g/mol. The van der Waals surface area contributed by atoms with Gasteiger partial charge in [0.2, 0.25) is 0 Å². The molecule has 0 aromatic heterocycles. The van der Waals surface area contributed by atoms with Crippen LogP contribution in [0.1, 0.15) is 86.0 Å². The normalized spacial score (nSPS) is 49.0. The van der Waals surface area contributed by atoms with Crippen LogP contribution in [0.4, 0.5) is 0 Å². The molecule has 4 unspecified atom stereocenters. The van der Waals surface area contributed by atoms with E-state index >= 15 is 0 Å². The van der Waals surface area contributed by atoms with E-state index in [1.165, 1.54) is 38.5 Å². The SMILES string of the molecule is CC(C)[C@H](O)[C@@H](C)C1CCC2C3CC=C4C[C@@H](O)CC[C@]4(C)C3CC[C@@]21C. The fourth-order valence-electron chi connectivity index (χ4n) is 8.39. The van der Waals surface area contributed by atoms with Gasteiger partial charge in [-0.05, 0) is 97.7 Å². The molecule has 2 N–H and O–H groups in total. The fraction of sp³-hybridized carbons (Fsp3) is 0.920. The minimum atomic E-state index is -0.168. The van der Waals surface area contributed by atoms with E-state index in [0.717, 1.165) is 30.6 Å². The molecule has 0 aliphatic heterocycles. The minimum absolute atomic E-state index is 0.107. The highest BCUT2D eigenvalue weighted by Crippen LogP contribution is 2.67. The lowest BCUT2D eigenvalue weighted by atomic mass is 9.47. The smallest absolute Gasteiger partial charge is 0.0591 e. The summed E-state index contributed by atoms with van der Waals surface area (Å²) in [7, 11) is 0. The van der Waals surface area contributed by atoms with Gasteiger partial charge in [-0.1, -0.05) is 46.3 Å². The predicted molar refractivity (Wildman–Crippen MR) is 111 cm³/mol. The van der Waals surface area contributed by atoms with Crippen LogP contribution < -0.4 is 0 Å². The second kappa shape index (κ2) is 6.87. The van der Waals surface area contributed by atoms with Crippen LogP contribution in [-0.2, 0) is 0 Å². The van der Waals surface area contributed by atoms with Crippen LogP contribution in [0.5, 0.6) is 0 Å². The number of allylic oxidation sites excluding steroid dienone is 1. The summed E-state index contributed by atoms with van der Waals surface area (Å²) in [6.07, 6.45) is 11.9. The van der Waals surface area contributed by atoms with Crippen LogP contribution in [0.3, 0.4) is 0 Å². The second-order valence-corrected chi connectivity index (χ2v) is 11.5. The van der Waals surface area contributed by atoms with Crippen LogP contribution in [-0.4, -0.2) is 22.4 Å². The van der Waals surface area contributed by atoms with Gasteiger partial charge in [-0.3, -0.25) is 0 Å². The molecule has 2 heteroatoms. The Labute approximate surface area is 166 Å². The van der Waals surface area contributed by atoms with Gasteiger partial charge >= 0.3 is 0 Å². The molecule has 4 aliphatic rings. The molecular weight excluding hydrogens is 332 g/mol. The second-order valence-electron chi connectivity index (χ2n) is 11.5. The van der Waals surface area contributed by atoms with Gasteiger partial charge in [0, 0.05) is 0 Å². The zero-order valence-electron chi connectivity index (χ0n) is 18.2. The van der Waals surface area contributed by atoms with Gasteiger partial charge in [0.05, 0.1) is 12.2 Å². The van der Waals surface area contributed by atoms with Crippen LogP contribution in [0.15, 0.2) is 11.6 Å². The Kier molecular flexibility index (Phi) is 5.08. The van der Waals surface area contributed by atoms with E-state index in [1.54, 1.807) is 5.57 Å². The first-order chi connectivity index (χ1) is 12.7. The summed E-state index contributed by atoms with van der Waals surface area (Å²) in [5.74, 6) is 3.89. The van der Waals surface area contributed by atoms with Crippen molar-refractivity contribution >= 4 is 0 Å². The van der Waals surface area contributed by atoms with Gasteiger partial charge in [0.15, 0.2) is 0 Å². The van der Waals surface area contributed by atoms with Crippen molar-refractivity contribution in [3.05, 3.63) is 11.6 Å². The summed E-state index contributed by atoms with van der Waals surface area (Å²) < 4.78 is 0. The minimum Gasteiger partial charge on any atom is -0.393 e. The summed E-state index contributed by atoms with van der Waals surface area (Å²) in [5.41, 5.74) is 2.32. The largest absolute Gasteiger partial charge is 0.393 e. The zero-order valence-corrected chi connectivity index (χ0v) is 18.2. The van der Waals surface area contributed by atoms with Gasteiger partial charge < -0.3 is 10.2 Å². The van der Waals surface area contributed by atoms with Gasteiger partial charge in [0.1, 0.15) is 0 Å². The maximum Gasteiger partial charge on any atom is 0.0591 e. The van der Waals surface area contributed by atoms with Crippen molar-refractivity contribution in [2.24, 2.45) is 46.3 Å². The van der Waals surface area contributed by atoms with Crippen molar-refractivity contribution in [3.8, 4) is 0 Å². The maximum atomic E-state index is 10.8. The third kappa shape index (κ3) is 2.96. The summed E-state index contributed by atoms with van der Waals surface area (Å²) >= 11 is 0. The average Bonchev–Trinajstić information content (AvgIpc) is 2.98. The number of rotatable bonds is 3. The lowest BCUT2D eigenvalue weighted by Crippen LogP contribution is -2.51. The number of hydrogen-bond acceptors (Lipinski definition) is 2. The van der Waals surface area contributed by atoms with Gasteiger partial charge in [-0.25, -0.2) is 0 Å². The van der Waals surface area contributed by atoms with Crippen molar-refractivity contribution in [2.75, 3.05) is 0 Å². The van der Waals surface area contributed by atoms with E-state index in [1.807, 2.05) is 0 Å². The Morgan fingerprint density at radius 3 is 2.44 bits per heavy atom. The quantitative estimate of drug-likeness (QED) is 0.633. The molecule has 27 heavy (non-hydrogen) atoms. The molecule has 2 nitrogen and oxygen atoms in total. The van der Waals surface area contributed by atoms with E-state index in [2.05, 4.69) is 40.7 Å². The molecule has 0 amide bonds. The Hall–Kier alpha value is -0.340. The molecule has 0 bridgehead atoms. The number of aliphatic hydroxyl groups is 2. The van der Waals surface area contributed by atoms with Crippen molar-refractivity contribution in [3.63, 3.8) is 0 Å². The third-order valence-corrected chi connectivity index (χ3v) is 10.0. The van der Waals surface area contributed by atoms with E-state index in [0.29, 0.717) is 28.6 Å². The lowest BCUT2D eigenvalue weighted by Gasteiger charge is -2.58. The summed E-state index contributed by atoms with van der Waals surface area (Å²) in [6.45, 7) is 11.7. The molecule has 154 valence electrons. The molecule has 3 saturated carbocycles. The molecule has 3 fully saturated rings. The van der Waals surface area contributed by atoms with E-state index in [4.69, 9.17) is 0 Å². The number of hydrogen-bond donors (Lipinski definition) is 2. The molecule has 0 saturated heterocycles. The van der Waals surface area contributed by atoms with E-state index in [-0.39, 0.29) is 12.2 Å². The standard InChI is InChI=1S/C25H42O2/c1-15(2)23(27)16(3)20-8-9-21-19-7-6-17-14-18(26)10-12-24(17,4)22(19)11-13-25(20,21)5/h6,15-16,18-23,26-27H,7-14H2,1-5H3/t16-,18-,19?,20?,21?,22?,23-,24-,25+/m0/s1. The molecule has 0 spiro atoms. The molecule has 4 rings (SSSR count). The van der Waals surface area contributed by atoms with Crippen molar-refractivity contribution in [2.45, 2.75) is 98.2 Å². The predicted octanol–water partition coefficient (Wildman–Crippen LogP) is 5.58. The van der Waals surface area contributed by atoms with Crippen LogP contribution >= 0.6 is 0 Å². The Morgan fingerprint density at radius 2 is 1.74 bits per heavy atom. The lowest BCUT2D eigenvalue weighted by molar-refractivity contribution is -0.0714. The number of fused-ring (bicyclic) bond motifs is 5. The highest BCUT2D eigenvalue weighted by Gasteiger charge is 2.59. The molecule has 0 aromatic rings. The Balaban J connectivity index is 1.59. The number of aliphatic hydroxyl groups excluding tert-OH is 2. The molecular formula is C25H42O2. The maximum absolute atomic E-state index is 10.8. The Morgan fingerprint density at radius 1 is 1.00 bits per heavy atom. The fourth-order valence-corrected chi connectivity index (χ4v) is 8.39. The van der Waals surface area contributed by atoms with Crippen molar-refractivity contribution < 1.29 is 10.2 Å². The zero-order chi connectivity index (χ0) is 19.6. The van der Waals surface area contributed by atoms with E-state index in [9.17, 15) is 10.2 Å². The highest BCUT2D eigenvalue weighted by atomic mass is 16.3. The Bertz CT molecular complexity index is 595. The first-order valence-corrected chi connectivity index (χ1v) is 11.7. The van der Waals surface area contributed by atoms with Crippen LogP contribution in [0, 0.1) is 46.3 Å². The molecule has 0 heterocycles. The van der Waals surface area contributed by atoms with Crippen LogP contribution in [0.25, 0.3) is 0 Å². The monoisotopic (exact) mass is 374 g/mol. The highest BCUT2D eigenvalue weighted by molar-refractivity contribution is 5.25. The molecule has 4 aliphatic carbocycles. The van der Waals surface area contributed by atoms with Crippen molar-refractivity contribution in [1.82, 2.24) is 0 Å². The van der Waals surface area contributed by atoms with E-state index < -0.39 is 0 Å². The topological polar surface area (TPSA) is 40.5 Å². The summed E-state index contributed by atoms with van der Waals surface area (Å²) in [6, 6.07) is 0. The van der Waals surface area contributed by atoms with Crippen molar-refractivity contribution in [1.29, 1.82) is 0 Å².